The maximum atomic E-state index is 14.1. The van der Waals surface area contributed by atoms with Crippen LogP contribution in [-0.4, -0.2) is 17.0 Å². The number of anilines is 1. The molecule has 0 radical (unpaired) electrons. The van der Waals surface area contributed by atoms with Gasteiger partial charge in [0.1, 0.15) is 5.82 Å². The lowest BCUT2D eigenvalue weighted by molar-refractivity contribution is 0.630. The Balaban J connectivity index is 2.18. The van der Waals surface area contributed by atoms with Gasteiger partial charge < -0.3 is 5.32 Å². The van der Waals surface area contributed by atoms with Gasteiger partial charge in [0.2, 0.25) is 0 Å². The molecule has 1 aromatic carbocycles. The van der Waals surface area contributed by atoms with Crippen LogP contribution in [0.15, 0.2) is 18.2 Å². The van der Waals surface area contributed by atoms with E-state index >= 15 is 0 Å². The summed E-state index contributed by atoms with van der Waals surface area (Å²) in [7, 11) is 1.80. The van der Waals surface area contributed by atoms with E-state index in [-0.39, 0.29) is 5.02 Å². The quantitative estimate of drug-likeness (QED) is 0.769. The zero-order valence-electron chi connectivity index (χ0n) is 10.8. The van der Waals surface area contributed by atoms with E-state index in [4.69, 9.17) is 11.6 Å². The van der Waals surface area contributed by atoms with Crippen LogP contribution < -0.4 is 5.32 Å². The van der Waals surface area contributed by atoms with Crippen LogP contribution in [0.2, 0.25) is 5.02 Å². The molecule has 0 bridgehead atoms. The summed E-state index contributed by atoms with van der Waals surface area (Å²) in [4.78, 5) is 8.96. The molecule has 0 amide bonds. The van der Waals surface area contributed by atoms with Crippen molar-refractivity contribution in [3.05, 3.63) is 38.3 Å². The SMILES string of the molecule is CNc1nc(-c2cccc(Cl)c2F)nc(C2CC2)c1I. The summed E-state index contributed by atoms with van der Waals surface area (Å²) >= 11 is 8.08. The lowest BCUT2D eigenvalue weighted by atomic mass is 10.2. The molecule has 0 spiro atoms. The first-order chi connectivity index (χ1) is 9.61. The first-order valence-corrected chi connectivity index (χ1v) is 7.77. The Bertz CT molecular complexity index is 674. The average Bonchev–Trinajstić information content (AvgIpc) is 3.27. The summed E-state index contributed by atoms with van der Waals surface area (Å²) in [5, 5.41) is 3.14. The Labute approximate surface area is 135 Å². The van der Waals surface area contributed by atoms with Crippen LogP contribution >= 0.6 is 34.2 Å². The Morgan fingerprint density at radius 3 is 2.75 bits per heavy atom. The number of nitrogens with zero attached hydrogens (tertiary/aromatic N) is 2. The molecule has 1 fully saturated rings. The minimum absolute atomic E-state index is 0.0867. The number of nitrogens with one attached hydrogen (secondary N) is 1. The van der Waals surface area contributed by atoms with Crippen LogP contribution in [0.4, 0.5) is 10.2 Å². The summed E-state index contributed by atoms with van der Waals surface area (Å²) in [6.45, 7) is 0. The molecular weight excluding hydrogens is 392 g/mol. The lowest BCUT2D eigenvalue weighted by Crippen LogP contribution is -2.05. The maximum Gasteiger partial charge on any atom is 0.164 e. The van der Waals surface area contributed by atoms with Crippen molar-refractivity contribution >= 4 is 40.0 Å². The van der Waals surface area contributed by atoms with Crippen molar-refractivity contribution in [2.75, 3.05) is 12.4 Å². The third kappa shape index (κ3) is 2.48. The molecule has 0 atom stereocenters. The fourth-order valence-electron chi connectivity index (χ4n) is 2.05. The van der Waals surface area contributed by atoms with Crippen molar-refractivity contribution in [3.63, 3.8) is 0 Å². The van der Waals surface area contributed by atoms with E-state index < -0.39 is 5.82 Å². The van der Waals surface area contributed by atoms with E-state index in [0.29, 0.717) is 17.3 Å². The van der Waals surface area contributed by atoms with Gasteiger partial charge in [0.15, 0.2) is 11.6 Å². The number of aromatic nitrogens is 2. The second-order valence-corrected chi connectivity index (χ2v) is 6.21. The molecule has 0 saturated heterocycles. The molecule has 20 heavy (non-hydrogen) atoms. The summed E-state index contributed by atoms with van der Waals surface area (Å²) in [5.41, 5.74) is 1.34. The van der Waals surface area contributed by atoms with Gasteiger partial charge in [-0.1, -0.05) is 17.7 Å². The van der Waals surface area contributed by atoms with Gasteiger partial charge >= 0.3 is 0 Å². The van der Waals surface area contributed by atoms with Gasteiger partial charge in [-0.05, 0) is 47.6 Å². The van der Waals surface area contributed by atoms with Crippen molar-refractivity contribution in [2.24, 2.45) is 0 Å². The van der Waals surface area contributed by atoms with Crippen LogP contribution in [0.3, 0.4) is 0 Å². The monoisotopic (exact) mass is 403 g/mol. The smallest absolute Gasteiger partial charge is 0.164 e. The molecule has 0 unspecified atom stereocenters. The average molecular weight is 404 g/mol. The lowest BCUT2D eigenvalue weighted by Gasteiger charge is -2.11. The fourth-order valence-corrected chi connectivity index (χ4v) is 3.18. The van der Waals surface area contributed by atoms with Gasteiger partial charge in [-0.3, -0.25) is 0 Å². The normalized spacial score (nSPS) is 14.4. The highest BCUT2D eigenvalue weighted by Crippen LogP contribution is 2.43. The van der Waals surface area contributed by atoms with Crippen LogP contribution in [0.25, 0.3) is 11.4 Å². The third-order valence-corrected chi connectivity index (χ3v) is 4.63. The minimum atomic E-state index is -0.473. The standard InChI is InChI=1S/C14H12ClFIN3/c1-18-14-11(17)12(7-5-6-7)19-13(20-14)8-3-2-4-9(15)10(8)16/h2-4,7H,5-6H2,1H3,(H,18,19,20). The van der Waals surface area contributed by atoms with E-state index in [1.807, 2.05) is 0 Å². The third-order valence-electron chi connectivity index (χ3n) is 3.27. The molecular formula is C14H12ClFIN3. The van der Waals surface area contributed by atoms with E-state index in [9.17, 15) is 4.39 Å². The molecule has 1 saturated carbocycles. The number of halogens is 3. The van der Waals surface area contributed by atoms with Crippen molar-refractivity contribution in [2.45, 2.75) is 18.8 Å². The second kappa shape index (κ2) is 5.44. The minimum Gasteiger partial charge on any atom is -0.372 e. The Morgan fingerprint density at radius 2 is 2.10 bits per heavy atom. The highest BCUT2D eigenvalue weighted by Gasteiger charge is 2.29. The molecule has 1 aromatic heterocycles. The molecule has 6 heteroatoms. The molecule has 104 valence electrons. The van der Waals surface area contributed by atoms with Crippen molar-refractivity contribution in [1.29, 1.82) is 0 Å². The first kappa shape index (κ1) is 14.0. The second-order valence-electron chi connectivity index (χ2n) is 4.72. The maximum absolute atomic E-state index is 14.1. The Hall–Kier alpha value is -0.950. The Morgan fingerprint density at radius 1 is 1.35 bits per heavy atom. The van der Waals surface area contributed by atoms with E-state index in [2.05, 4.69) is 37.9 Å². The molecule has 3 rings (SSSR count). The number of hydrogen-bond donors (Lipinski definition) is 1. The molecule has 1 heterocycles. The molecule has 1 aliphatic carbocycles. The van der Waals surface area contributed by atoms with Crippen molar-refractivity contribution in [1.82, 2.24) is 9.97 Å². The van der Waals surface area contributed by atoms with E-state index in [1.165, 1.54) is 6.07 Å². The summed E-state index contributed by atoms with van der Waals surface area (Å²) < 4.78 is 15.2. The van der Waals surface area contributed by atoms with Gasteiger partial charge in [-0.2, -0.15) is 0 Å². The molecule has 2 aromatic rings. The van der Waals surface area contributed by atoms with Crippen LogP contribution in [0, 0.1) is 9.39 Å². The zero-order valence-corrected chi connectivity index (χ0v) is 13.7. The number of rotatable bonds is 3. The number of benzene rings is 1. The first-order valence-electron chi connectivity index (χ1n) is 6.31. The zero-order chi connectivity index (χ0) is 14.3. The van der Waals surface area contributed by atoms with Gasteiger partial charge in [0, 0.05) is 13.0 Å². The molecule has 3 nitrogen and oxygen atoms in total. The van der Waals surface area contributed by atoms with Gasteiger partial charge in [0.25, 0.3) is 0 Å². The summed E-state index contributed by atoms with van der Waals surface area (Å²) in [5.74, 6) is 1.12. The highest BCUT2D eigenvalue weighted by atomic mass is 127. The largest absolute Gasteiger partial charge is 0.372 e. The predicted molar refractivity (Wildman–Crippen MR) is 86.7 cm³/mol. The Kier molecular flexibility index (Phi) is 3.81. The van der Waals surface area contributed by atoms with E-state index in [0.717, 1.165) is 27.9 Å². The number of hydrogen-bond acceptors (Lipinski definition) is 3. The predicted octanol–water partition coefficient (Wildman–Crippen LogP) is 4.46. The van der Waals surface area contributed by atoms with Gasteiger partial charge in [-0.25, -0.2) is 14.4 Å². The van der Waals surface area contributed by atoms with Gasteiger partial charge in [0.05, 0.1) is 19.9 Å². The molecule has 1 aliphatic rings. The summed E-state index contributed by atoms with van der Waals surface area (Å²) in [6.07, 6.45) is 2.27. The van der Waals surface area contributed by atoms with E-state index in [1.54, 1.807) is 19.2 Å². The van der Waals surface area contributed by atoms with Crippen LogP contribution in [0.5, 0.6) is 0 Å². The highest BCUT2D eigenvalue weighted by molar-refractivity contribution is 14.1. The topological polar surface area (TPSA) is 37.8 Å². The molecule has 0 aliphatic heterocycles. The van der Waals surface area contributed by atoms with Crippen molar-refractivity contribution in [3.8, 4) is 11.4 Å². The summed E-state index contributed by atoms with van der Waals surface area (Å²) in [6, 6.07) is 4.88. The van der Waals surface area contributed by atoms with Gasteiger partial charge in [-0.15, -0.1) is 0 Å². The molecule has 1 N–H and O–H groups in total. The van der Waals surface area contributed by atoms with Crippen LogP contribution in [0.1, 0.15) is 24.5 Å². The van der Waals surface area contributed by atoms with Crippen molar-refractivity contribution < 1.29 is 4.39 Å². The van der Waals surface area contributed by atoms with Crippen LogP contribution in [-0.2, 0) is 0 Å². The fraction of sp³-hybridized carbons (Fsp3) is 0.286.